The first-order valence-electron chi connectivity index (χ1n) is 7.55. The molecule has 120 valence electrons. The molecule has 2 fully saturated rings. The third-order valence-corrected chi connectivity index (χ3v) is 6.15. The van der Waals surface area contributed by atoms with E-state index in [1.807, 2.05) is 20.8 Å². The van der Waals surface area contributed by atoms with Crippen molar-refractivity contribution in [3.05, 3.63) is 0 Å². The van der Waals surface area contributed by atoms with Crippen LogP contribution < -0.4 is 0 Å². The second kappa shape index (κ2) is 5.94. The molecule has 0 aromatic carbocycles. The summed E-state index contributed by atoms with van der Waals surface area (Å²) in [5, 5.41) is 0. The fourth-order valence-corrected chi connectivity index (χ4v) is 4.98. The van der Waals surface area contributed by atoms with Crippen molar-refractivity contribution in [1.82, 2.24) is 9.80 Å². The summed E-state index contributed by atoms with van der Waals surface area (Å²) in [4.78, 5) is 27.9. The van der Waals surface area contributed by atoms with Gasteiger partial charge in [0.25, 0.3) is 0 Å². The summed E-state index contributed by atoms with van der Waals surface area (Å²) in [5.74, 6) is -0.178. The van der Waals surface area contributed by atoms with Gasteiger partial charge in [-0.1, -0.05) is 0 Å². The predicted molar refractivity (Wildman–Crippen MR) is 79.4 cm³/mol. The van der Waals surface area contributed by atoms with Crippen LogP contribution in [0.15, 0.2) is 0 Å². The lowest BCUT2D eigenvalue weighted by Crippen LogP contribution is -2.45. The van der Waals surface area contributed by atoms with Gasteiger partial charge < -0.3 is 9.80 Å². The molecule has 0 radical (unpaired) electrons. The Morgan fingerprint density at radius 2 is 2.10 bits per heavy atom. The Hall–Kier alpha value is -1.11. The van der Waals surface area contributed by atoms with Crippen molar-refractivity contribution in [2.24, 2.45) is 5.92 Å². The Labute approximate surface area is 126 Å². The molecule has 2 rings (SSSR count). The van der Waals surface area contributed by atoms with Crippen LogP contribution in [0, 0.1) is 5.92 Å². The fourth-order valence-electron chi connectivity index (χ4n) is 3.25. The van der Waals surface area contributed by atoms with E-state index >= 15 is 0 Å². The van der Waals surface area contributed by atoms with E-state index in [-0.39, 0.29) is 47.7 Å². The number of hydrogen-bond donors (Lipinski definition) is 0. The molecule has 0 N–H and O–H groups in total. The quantitative estimate of drug-likeness (QED) is 0.746. The van der Waals surface area contributed by atoms with Crippen molar-refractivity contribution in [3.8, 4) is 0 Å². The van der Waals surface area contributed by atoms with Gasteiger partial charge in [0.2, 0.25) is 11.8 Å². The summed E-state index contributed by atoms with van der Waals surface area (Å²) in [6.45, 7) is 6.67. The minimum Gasteiger partial charge on any atom is -0.339 e. The molecular weight excluding hydrogens is 292 g/mol. The number of sulfone groups is 1. The SMILES string of the molecule is CCN(C(=O)C1CC(=O)N(C(C)C)C1)C1CCS(=O)(=O)C1. The highest BCUT2D eigenvalue weighted by atomic mass is 32.2. The van der Waals surface area contributed by atoms with E-state index in [1.54, 1.807) is 9.80 Å². The second-order valence-electron chi connectivity index (χ2n) is 6.22. The zero-order valence-electron chi connectivity index (χ0n) is 12.9. The molecule has 0 bridgehead atoms. The zero-order valence-corrected chi connectivity index (χ0v) is 13.7. The number of carbonyl (C=O) groups excluding carboxylic acids is 2. The van der Waals surface area contributed by atoms with Crippen molar-refractivity contribution in [2.75, 3.05) is 24.6 Å². The number of hydrogen-bond acceptors (Lipinski definition) is 4. The van der Waals surface area contributed by atoms with Gasteiger partial charge >= 0.3 is 0 Å². The first-order valence-corrected chi connectivity index (χ1v) is 9.37. The third-order valence-electron chi connectivity index (χ3n) is 4.40. The van der Waals surface area contributed by atoms with Crippen LogP contribution in [0.5, 0.6) is 0 Å². The summed E-state index contributed by atoms with van der Waals surface area (Å²) >= 11 is 0. The number of nitrogens with zero attached hydrogens (tertiary/aromatic N) is 2. The molecule has 2 aliphatic rings. The summed E-state index contributed by atoms with van der Waals surface area (Å²) in [6.07, 6.45) is 0.753. The molecule has 2 aliphatic heterocycles. The first kappa shape index (κ1) is 16.3. The van der Waals surface area contributed by atoms with Gasteiger partial charge in [-0.05, 0) is 27.2 Å². The molecule has 2 saturated heterocycles. The van der Waals surface area contributed by atoms with E-state index in [0.717, 1.165) is 0 Å². The molecule has 2 amide bonds. The number of carbonyl (C=O) groups is 2. The molecule has 2 unspecified atom stereocenters. The molecule has 2 atom stereocenters. The molecule has 2 heterocycles. The minimum atomic E-state index is -3.01. The highest BCUT2D eigenvalue weighted by molar-refractivity contribution is 7.91. The molecule has 6 nitrogen and oxygen atoms in total. The fraction of sp³-hybridized carbons (Fsp3) is 0.857. The van der Waals surface area contributed by atoms with Crippen molar-refractivity contribution in [1.29, 1.82) is 0 Å². The smallest absolute Gasteiger partial charge is 0.228 e. The standard InChI is InChI=1S/C14H24N2O4S/c1-4-15(12-5-6-21(19,20)9-12)14(18)11-7-13(17)16(8-11)10(2)3/h10-12H,4-9H2,1-3H3. The van der Waals surface area contributed by atoms with E-state index in [0.29, 0.717) is 19.5 Å². The van der Waals surface area contributed by atoms with Crippen LogP contribution in [-0.4, -0.2) is 66.7 Å². The third kappa shape index (κ3) is 3.39. The van der Waals surface area contributed by atoms with Gasteiger partial charge in [0.15, 0.2) is 9.84 Å². The van der Waals surface area contributed by atoms with Gasteiger partial charge in [0.1, 0.15) is 0 Å². The minimum absolute atomic E-state index is 0.0125. The summed E-state index contributed by atoms with van der Waals surface area (Å²) < 4.78 is 23.2. The molecule has 0 aromatic heterocycles. The largest absolute Gasteiger partial charge is 0.339 e. The Morgan fingerprint density at radius 1 is 1.43 bits per heavy atom. The highest BCUT2D eigenvalue weighted by Gasteiger charge is 2.41. The summed E-state index contributed by atoms with van der Waals surface area (Å²) in [6, 6.07) is -0.132. The van der Waals surface area contributed by atoms with Gasteiger partial charge in [-0.15, -0.1) is 0 Å². The van der Waals surface area contributed by atoms with Gasteiger partial charge in [0.05, 0.1) is 17.4 Å². The average Bonchev–Trinajstić information content (AvgIpc) is 2.93. The maximum absolute atomic E-state index is 12.6. The van der Waals surface area contributed by atoms with Crippen LogP contribution in [0.1, 0.15) is 33.6 Å². The lowest BCUT2D eigenvalue weighted by molar-refractivity contribution is -0.137. The maximum Gasteiger partial charge on any atom is 0.228 e. The van der Waals surface area contributed by atoms with Crippen LogP contribution in [0.3, 0.4) is 0 Å². The maximum atomic E-state index is 12.6. The molecule has 7 heteroatoms. The van der Waals surface area contributed by atoms with E-state index in [9.17, 15) is 18.0 Å². The van der Waals surface area contributed by atoms with Crippen LogP contribution in [0.2, 0.25) is 0 Å². The second-order valence-corrected chi connectivity index (χ2v) is 8.45. The lowest BCUT2D eigenvalue weighted by Gasteiger charge is -2.29. The number of amides is 2. The lowest BCUT2D eigenvalue weighted by atomic mass is 10.1. The number of rotatable bonds is 4. The molecule has 0 saturated carbocycles. The summed E-state index contributed by atoms with van der Waals surface area (Å²) in [7, 11) is -3.01. The highest BCUT2D eigenvalue weighted by Crippen LogP contribution is 2.25. The van der Waals surface area contributed by atoms with Crippen molar-refractivity contribution >= 4 is 21.7 Å². The van der Waals surface area contributed by atoms with Crippen LogP contribution in [0.25, 0.3) is 0 Å². The van der Waals surface area contributed by atoms with Crippen LogP contribution in [-0.2, 0) is 19.4 Å². The molecule has 0 aromatic rings. The van der Waals surface area contributed by atoms with Gasteiger partial charge in [0, 0.05) is 31.6 Å². The Kier molecular flexibility index (Phi) is 4.60. The van der Waals surface area contributed by atoms with E-state index < -0.39 is 9.84 Å². The number of likely N-dealkylation sites (tertiary alicyclic amines) is 1. The molecule has 0 aliphatic carbocycles. The topological polar surface area (TPSA) is 74.8 Å². The Balaban J connectivity index is 2.06. The summed E-state index contributed by atoms with van der Waals surface area (Å²) in [5.41, 5.74) is 0. The predicted octanol–water partition coefficient (Wildman–Crippen LogP) is 0.279. The van der Waals surface area contributed by atoms with Gasteiger partial charge in [-0.25, -0.2) is 8.42 Å². The monoisotopic (exact) mass is 316 g/mol. The zero-order chi connectivity index (χ0) is 15.8. The average molecular weight is 316 g/mol. The van der Waals surface area contributed by atoms with Gasteiger partial charge in [-0.3, -0.25) is 9.59 Å². The van der Waals surface area contributed by atoms with Crippen molar-refractivity contribution in [3.63, 3.8) is 0 Å². The van der Waals surface area contributed by atoms with E-state index in [2.05, 4.69) is 0 Å². The van der Waals surface area contributed by atoms with E-state index in [1.165, 1.54) is 0 Å². The van der Waals surface area contributed by atoms with Gasteiger partial charge in [-0.2, -0.15) is 0 Å². The Bertz CT molecular complexity index is 529. The van der Waals surface area contributed by atoms with Crippen molar-refractivity contribution < 1.29 is 18.0 Å². The first-order chi connectivity index (χ1) is 9.75. The van der Waals surface area contributed by atoms with Crippen LogP contribution >= 0.6 is 0 Å². The molecular formula is C14H24N2O4S. The van der Waals surface area contributed by atoms with Crippen molar-refractivity contribution in [2.45, 2.75) is 45.7 Å². The molecule has 0 spiro atoms. The normalized spacial score (nSPS) is 28.4. The van der Waals surface area contributed by atoms with E-state index in [4.69, 9.17) is 0 Å². The Morgan fingerprint density at radius 3 is 2.52 bits per heavy atom. The molecule has 21 heavy (non-hydrogen) atoms. The van der Waals surface area contributed by atoms with Crippen LogP contribution in [0.4, 0.5) is 0 Å².